The van der Waals surface area contributed by atoms with Crippen LogP contribution in [0.2, 0.25) is 0 Å². The van der Waals surface area contributed by atoms with Gasteiger partial charge in [-0.05, 0) is 31.1 Å². The van der Waals surface area contributed by atoms with Crippen molar-refractivity contribution in [2.75, 3.05) is 7.11 Å². The van der Waals surface area contributed by atoms with E-state index >= 15 is 0 Å². The minimum absolute atomic E-state index is 0.0502. The second-order valence-corrected chi connectivity index (χ2v) is 6.97. The highest BCUT2D eigenvalue weighted by Crippen LogP contribution is 2.49. The van der Waals surface area contributed by atoms with Crippen LogP contribution in [0.15, 0.2) is 12.3 Å². The fourth-order valence-electron chi connectivity index (χ4n) is 4.34. The number of carbonyl (C=O) groups excluding carboxylic acids is 1. The summed E-state index contributed by atoms with van der Waals surface area (Å²) < 4.78 is 19.0. The smallest absolute Gasteiger partial charge is 0.315 e. The highest BCUT2D eigenvalue weighted by atomic mass is 19.1. The number of halogens is 1. The van der Waals surface area contributed by atoms with Crippen molar-refractivity contribution in [3.05, 3.63) is 23.8 Å². The van der Waals surface area contributed by atoms with Gasteiger partial charge in [-0.15, -0.1) is 0 Å². The van der Waals surface area contributed by atoms with Crippen LogP contribution >= 0.6 is 0 Å². The van der Waals surface area contributed by atoms with E-state index in [4.69, 9.17) is 4.74 Å². The molecule has 1 spiro atoms. The average Bonchev–Trinajstić information content (AvgIpc) is 2.96. The summed E-state index contributed by atoms with van der Waals surface area (Å²) in [5.41, 5.74) is 0.470. The predicted octanol–water partition coefficient (Wildman–Crippen LogP) is 3.53. The van der Waals surface area contributed by atoms with Crippen molar-refractivity contribution in [1.29, 1.82) is 0 Å². The third-order valence-electron chi connectivity index (χ3n) is 5.62. The van der Waals surface area contributed by atoms with Gasteiger partial charge in [0.05, 0.1) is 19.3 Å². The molecule has 0 radical (unpaired) electrons. The molecule has 132 valence electrons. The van der Waals surface area contributed by atoms with Crippen LogP contribution < -0.4 is 15.4 Å². The van der Waals surface area contributed by atoms with Crippen LogP contribution in [-0.4, -0.2) is 24.2 Å². The van der Waals surface area contributed by atoms with Gasteiger partial charge in [0, 0.05) is 18.3 Å². The number of carbonyl (C=O) groups is 1. The van der Waals surface area contributed by atoms with Crippen LogP contribution in [0, 0.1) is 11.2 Å². The molecule has 24 heavy (non-hydrogen) atoms. The first-order chi connectivity index (χ1) is 11.6. The first-order valence-corrected chi connectivity index (χ1v) is 8.86. The van der Waals surface area contributed by atoms with Crippen molar-refractivity contribution >= 4 is 6.03 Å². The summed E-state index contributed by atoms with van der Waals surface area (Å²) in [5.74, 6) is -0.385. The first-order valence-electron chi connectivity index (χ1n) is 8.86. The van der Waals surface area contributed by atoms with E-state index in [0.29, 0.717) is 0 Å². The standard InChI is InChI=1S/C18H26FN3O2/c1-24-14-7-11-20-13(16(14)19)12-21-17(23)22-15-6-5-10-18(15)8-3-2-4-9-18/h7,11,15H,2-6,8-10,12H2,1H3,(H2,21,22,23). The molecule has 2 amide bonds. The van der Waals surface area contributed by atoms with Gasteiger partial charge in [-0.25, -0.2) is 9.18 Å². The zero-order valence-corrected chi connectivity index (χ0v) is 14.2. The average molecular weight is 335 g/mol. The maximum Gasteiger partial charge on any atom is 0.315 e. The van der Waals surface area contributed by atoms with Crippen LogP contribution in [0.3, 0.4) is 0 Å². The molecule has 5 nitrogen and oxygen atoms in total. The minimum Gasteiger partial charge on any atom is -0.494 e. The molecule has 1 heterocycles. The van der Waals surface area contributed by atoms with Crippen molar-refractivity contribution in [2.24, 2.45) is 5.41 Å². The molecule has 0 aromatic carbocycles. The summed E-state index contributed by atoms with van der Waals surface area (Å²) in [5, 5.41) is 5.86. The van der Waals surface area contributed by atoms with Crippen molar-refractivity contribution < 1.29 is 13.9 Å². The summed E-state index contributed by atoms with van der Waals surface area (Å²) in [4.78, 5) is 16.2. The Morgan fingerprint density at radius 1 is 1.33 bits per heavy atom. The van der Waals surface area contributed by atoms with E-state index < -0.39 is 5.82 Å². The van der Waals surface area contributed by atoms with E-state index in [1.165, 1.54) is 64.3 Å². The molecule has 0 bridgehead atoms. The Morgan fingerprint density at radius 3 is 2.83 bits per heavy atom. The SMILES string of the molecule is COc1ccnc(CNC(=O)NC2CCCC23CCCCC3)c1F. The number of ether oxygens (including phenoxy) is 1. The van der Waals surface area contributed by atoms with E-state index in [2.05, 4.69) is 15.6 Å². The minimum atomic E-state index is -0.523. The van der Waals surface area contributed by atoms with E-state index in [9.17, 15) is 9.18 Å². The second-order valence-electron chi connectivity index (χ2n) is 6.97. The van der Waals surface area contributed by atoms with Crippen molar-refractivity contribution in [2.45, 2.75) is 64.0 Å². The van der Waals surface area contributed by atoms with Crippen LogP contribution in [0.25, 0.3) is 0 Å². The van der Waals surface area contributed by atoms with Crippen LogP contribution in [0.5, 0.6) is 5.75 Å². The van der Waals surface area contributed by atoms with Gasteiger partial charge in [-0.3, -0.25) is 4.98 Å². The highest BCUT2D eigenvalue weighted by Gasteiger charge is 2.43. The van der Waals surface area contributed by atoms with Gasteiger partial charge >= 0.3 is 6.03 Å². The lowest BCUT2D eigenvalue weighted by Crippen LogP contribution is -2.48. The molecule has 2 N–H and O–H groups in total. The zero-order valence-electron chi connectivity index (χ0n) is 14.2. The molecular weight excluding hydrogens is 309 g/mol. The second kappa shape index (κ2) is 7.36. The molecule has 1 atom stereocenters. The number of urea groups is 1. The van der Waals surface area contributed by atoms with Crippen molar-refractivity contribution in [1.82, 2.24) is 15.6 Å². The number of nitrogens with zero attached hydrogens (tertiary/aromatic N) is 1. The molecular formula is C18H26FN3O2. The Morgan fingerprint density at radius 2 is 2.08 bits per heavy atom. The largest absolute Gasteiger partial charge is 0.494 e. The molecule has 2 fully saturated rings. The summed E-state index contributed by atoms with van der Waals surface area (Å²) in [7, 11) is 1.41. The Kier molecular flexibility index (Phi) is 5.21. The molecule has 3 rings (SSSR count). The van der Waals surface area contributed by atoms with E-state index in [0.717, 1.165) is 6.42 Å². The fraction of sp³-hybridized carbons (Fsp3) is 0.667. The third kappa shape index (κ3) is 3.47. The normalized spacial score (nSPS) is 22.3. The Balaban J connectivity index is 1.56. The van der Waals surface area contributed by atoms with Gasteiger partial charge in [0.2, 0.25) is 0 Å². The first kappa shape index (κ1) is 17.0. The van der Waals surface area contributed by atoms with Crippen LogP contribution in [0.4, 0.5) is 9.18 Å². The number of hydrogen-bond donors (Lipinski definition) is 2. The Hall–Kier alpha value is -1.85. The third-order valence-corrected chi connectivity index (χ3v) is 5.62. The van der Waals surface area contributed by atoms with Crippen LogP contribution in [-0.2, 0) is 6.54 Å². The summed E-state index contributed by atoms with van der Waals surface area (Å²) >= 11 is 0. The zero-order chi connectivity index (χ0) is 17.0. The molecule has 1 aromatic heterocycles. The number of pyridine rings is 1. The quantitative estimate of drug-likeness (QED) is 0.885. The van der Waals surface area contributed by atoms with E-state index in [-0.39, 0.29) is 35.5 Å². The molecule has 2 aliphatic rings. The van der Waals surface area contributed by atoms with Gasteiger partial charge in [-0.1, -0.05) is 25.7 Å². The van der Waals surface area contributed by atoms with E-state index in [1.807, 2.05) is 0 Å². The van der Waals surface area contributed by atoms with Gasteiger partial charge in [0.15, 0.2) is 11.6 Å². The number of aromatic nitrogens is 1. The number of hydrogen-bond acceptors (Lipinski definition) is 3. The molecule has 1 unspecified atom stereocenters. The molecule has 6 heteroatoms. The number of amides is 2. The van der Waals surface area contributed by atoms with Gasteiger partial charge in [-0.2, -0.15) is 0 Å². The summed E-state index contributed by atoms with van der Waals surface area (Å²) in [6, 6.07) is 1.46. The summed E-state index contributed by atoms with van der Waals surface area (Å²) in [6.07, 6.45) is 11.2. The number of methoxy groups -OCH3 is 1. The van der Waals surface area contributed by atoms with Crippen molar-refractivity contribution in [3.63, 3.8) is 0 Å². The lowest BCUT2D eigenvalue weighted by atomic mass is 9.70. The predicted molar refractivity (Wildman–Crippen MR) is 89.3 cm³/mol. The monoisotopic (exact) mass is 335 g/mol. The lowest BCUT2D eigenvalue weighted by Gasteiger charge is -2.39. The van der Waals surface area contributed by atoms with Gasteiger partial charge in [0.25, 0.3) is 0 Å². The van der Waals surface area contributed by atoms with Crippen molar-refractivity contribution in [3.8, 4) is 5.75 Å². The molecule has 0 saturated heterocycles. The molecule has 1 aromatic rings. The Bertz CT molecular complexity index is 588. The molecule has 0 aliphatic heterocycles. The van der Waals surface area contributed by atoms with E-state index in [1.54, 1.807) is 0 Å². The maximum absolute atomic E-state index is 14.1. The lowest BCUT2D eigenvalue weighted by molar-refractivity contribution is 0.150. The fourth-order valence-corrected chi connectivity index (χ4v) is 4.34. The summed E-state index contributed by atoms with van der Waals surface area (Å²) in [6.45, 7) is 0.0502. The Labute approximate surface area is 142 Å². The van der Waals surface area contributed by atoms with Gasteiger partial charge in [0.1, 0.15) is 0 Å². The topological polar surface area (TPSA) is 63.2 Å². The molecule has 2 aliphatic carbocycles. The number of nitrogens with one attached hydrogen (secondary N) is 2. The number of rotatable bonds is 4. The maximum atomic E-state index is 14.1. The molecule has 2 saturated carbocycles. The van der Waals surface area contributed by atoms with Crippen LogP contribution in [0.1, 0.15) is 57.1 Å². The highest BCUT2D eigenvalue weighted by molar-refractivity contribution is 5.74. The van der Waals surface area contributed by atoms with Gasteiger partial charge < -0.3 is 15.4 Å².